The molecule has 0 aromatic rings. The first-order valence-corrected chi connectivity index (χ1v) is 6.17. The number of carbonyl (C=O) groups is 1. The van der Waals surface area contributed by atoms with Crippen LogP contribution in [0, 0.1) is 0 Å². The third-order valence-corrected chi connectivity index (χ3v) is 2.40. The van der Waals surface area contributed by atoms with Gasteiger partial charge in [-0.25, -0.2) is 4.79 Å². The van der Waals surface area contributed by atoms with Gasteiger partial charge >= 0.3 is 6.09 Å². The Morgan fingerprint density at radius 3 is 2.76 bits per heavy atom. The highest BCUT2D eigenvalue weighted by atomic mass is 16.6. The molecule has 1 heterocycles. The van der Waals surface area contributed by atoms with Gasteiger partial charge in [-0.15, -0.1) is 0 Å². The van der Waals surface area contributed by atoms with Gasteiger partial charge in [-0.2, -0.15) is 0 Å². The molecule has 1 saturated heterocycles. The van der Waals surface area contributed by atoms with E-state index >= 15 is 0 Å². The van der Waals surface area contributed by atoms with Gasteiger partial charge in [-0.1, -0.05) is 0 Å². The van der Waals surface area contributed by atoms with Crippen molar-refractivity contribution < 1.29 is 14.3 Å². The Morgan fingerprint density at radius 1 is 1.53 bits per heavy atom. The second kappa shape index (κ2) is 6.21. The number of ether oxygens (including phenoxy) is 2. The Kier molecular flexibility index (Phi) is 5.21. The lowest BCUT2D eigenvalue weighted by atomic mass is 10.2. The third kappa shape index (κ3) is 6.48. The highest BCUT2D eigenvalue weighted by molar-refractivity contribution is 5.67. The SMILES string of the molecule is C[C@H](CNC(=O)OC(C)(C)C)NC1CCOC1. The predicted molar refractivity (Wildman–Crippen MR) is 66.1 cm³/mol. The average molecular weight is 244 g/mol. The predicted octanol–water partition coefficient (Wildman–Crippen LogP) is 1.28. The van der Waals surface area contributed by atoms with Crippen LogP contribution in [0.1, 0.15) is 34.1 Å². The molecule has 2 atom stereocenters. The minimum absolute atomic E-state index is 0.217. The van der Waals surface area contributed by atoms with E-state index < -0.39 is 5.60 Å². The summed E-state index contributed by atoms with van der Waals surface area (Å²) < 4.78 is 10.4. The lowest BCUT2D eigenvalue weighted by Gasteiger charge is -2.22. The van der Waals surface area contributed by atoms with Gasteiger partial charge in [-0.3, -0.25) is 0 Å². The molecule has 0 aromatic carbocycles. The third-order valence-electron chi connectivity index (χ3n) is 2.40. The Bertz CT molecular complexity index is 245. The topological polar surface area (TPSA) is 59.6 Å². The quantitative estimate of drug-likeness (QED) is 0.782. The van der Waals surface area contributed by atoms with Gasteiger partial charge in [0.25, 0.3) is 0 Å². The molecule has 0 radical (unpaired) electrons. The van der Waals surface area contributed by atoms with Crippen LogP contribution in [0.2, 0.25) is 0 Å². The Morgan fingerprint density at radius 2 is 2.24 bits per heavy atom. The van der Waals surface area contributed by atoms with E-state index in [9.17, 15) is 4.79 Å². The van der Waals surface area contributed by atoms with Gasteiger partial charge in [0, 0.05) is 25.2 Å². The van der Waals surface area contributed by atoms with Gasteiger partial charge < -0.3 is 20.1 Å². The van der Waals surface area contributed by atoms with Crippen LogP contribution in [0.4, 0.5) is 4.79 Å². The van der Waals surface area contributed by atoms with E-state index in [1.165, 1.54) is 0 Å². The van der Waals surface area contributed by atoms with Crippen molar-refractivity contribution in [1.82, 2.24) is 10.6 Å². The molecule has 100 valence electrons. The molecule has 1 aliphatic rings. The molecule has 5 nitrogen and oxygen atoms in total. The minimum Gasteiger partial charge on any atom is -0.444 e. The second-order valence-electron chi connectivity index (χ2n) is 5.51. The molecular formula is C12H24N2O3. The Balaban J connectivity index is 2.14. The van der Waals surface area contributed by atoms with Crippen LogP contribution in [-0.2, 0) is 9.47 Å². The number of carbonyl (C=O) groups excluding carboxylic acids is 1. The van der Waals surface area contributed by atoms with Crippen LogP contribution in [0.15, 0.2) is 0 Å². The molecular weight excluding hydrogens is 220 g/mol. The van der Waals surface area contributed by atoms with Crippen molar-refractivity contribution in [3.05, 3.63) is 0 Å². The summed E-state index contributed by atoms with van der Waals surface area (Å²) in [6.45, 7) is 9.74. The van der Waals surface area contributed by atoms with Gasteiger partial charge in [0.05, 0.1) is 6.61 Å². The summed E-state index contributed by atoms with van der Waals surface area (Å²) in [4.78, 5) is 11.4. The van der Waals surface area contributed by atoms with Gasteiger partial charge in [-0.05, 0) is 34.1 Å². The van der Waals surface area contributed by atoms with Gasteiger partial charge in [0.1, 0.15) is 5.60 Å². The average Bonchev–Trinajstić information content (AvgIpc) is 2.64. The fraction of sp³-hybridized carbons (Fsp3) is 0.917. The summed E-state index contributed by atoms with van der Waals surface area (Å²) in [6, 6.07) is 0.625. The number of amides is 1. The maximum atomic E-state index is 11.4. The highest BCUT2D eigenvalue weighted by Crippen LogP contribution is 2.06. The number of alkyl carbamates (subject to hydrolysis) is 1. The van der Waals surface area contributed by atoms with E-state index in [4.69, 9.17) is 9.47 Å². The first-order chi connectivity index (χ1) is 7.87. The number of hydrogen-bond donors (Lipinski definition) is 2. The summed E-state index contributed by atoms with van der Waals surface area (Å²) in [5.74, 6) is 0. The zero-order valence-electron chi connectivity index (χ0n) is 11.2. The van der Waals surface area contributed by atoms with Gasteiger partial charge in [0.15, 0.2) is 0 Å². The van der Waals surface area contributed by atoms with Crippen LogP contribution in [0.25, 0.3) is 0 Å². The molecule has 1 aliphatic heterocycles. The van der Waals surface area contributed by atoms with Crippen molar-refractivity contribution in [2.24, 2.45) is 0 Å². The Labute approximate surface area is 103 Å². The number of nitrogens with one attached hydrogen (secondary N) is 2. The van der Waals surface area contributed by atoms with E-state index in [1.54, 1.807) is 0 Å². The van der Waals surface area contributed by atoms with E-state index in [0.29, 0.717) is 12.6 Å². The first-order valence-electron chi connectivity index (χ1n) is 6.17. The van der Waals surface area contributed by atoms with Crippen molar-refractivity contribution in [3.8, 4) is 0 Å². The highest BCUT2D eigenvalue weighted by Gasteiger charge is 2.19. The zero-order valence-corrected chi connectivity index (χ0v) is 11.2. The fourth-order valence-corrected chi connectivity index (χ4v) is 1.68. The van der Waals surface area contributed by atoms with Crippen molar-refractivity contribution in [1.29, 1.82) is 0 Å². The maximum absolute atomic E-state index is 11.4. The second-order valence-corrected chi connectivity index (χ2v) is 5.51. The molecule has 1 amide bonds. The fourth-order valence-electron chi connectivity index (χ4n) is 1.68. The molecule has 1 fully saturated rings. The van der Waals surface area contributed by atoms with Crippen LogP contribution in [0.3, 0.4) is 0 Å². The lowest BCUT2D eigenvalue weighted by Crippen LogP contribution is -2.45. The molecule has 2 N–H and O–H groups in total. The van der Waals surface area contributed by atoms with E-state index in [0.717, 1.165) is 19.6 Å². The van der Waals surface area contributed by atoms with Crippen molar-refractivity contribution in [3.63, 3.8) is 0 Å². The lowest BCUT2D eigenvalue weighted by molar-refractivity contribution is 0.0522. The molecule has 1 rings (SSSR count). The summed E-state index contributed by atoms with van der Waals surface area (Å²) >= 11 is 0. The van der Waals surface area contributed by atoms with E-state index in [2.05, 4.69) is 10.6 Å². The van der Waals surface area contributed by atoms with Crippen molar-refractivity contribution in [2.45, 2.75) is 51.8 Å². The maximum Gasteiger partial charge on any atom is 0.407 e. The van der Waals surface area contributed by atoms with Crippen LogP contribution in [0.5, 0.6) is 0 Å². The Hall–Kier alpha value is -0.810. The minimum atomic E-state index is -0.444. The molecule has 17 heavy (non-hydrogen) atoms. The largest absolute Gasteiger partial charge is 0.444 e. The normalized spacial score (nSPS) is 22.2. The molecule has 5 heteroatoms. The number of rotatable bonds is 4. The van der Waals surface area contributed by atoms with E-state index in [1.807, 2.05) is 27.7 Å². The van der Waals surface area contributed by atoms with E-state index in [-0.39, 0.29) is 12.1 Å². The molecule has 0 aliphatic carbocycles. The van der Waals surface area contributed by atoms with Crippen LogP contribution >= 0.6 is 0 Å². The first kappa shape index (κ1) is 14.3. The van der Waals surface area contributed by atoms with Crippen molar-refractivity contribution in [2.75, 3.05) is 19.8 Å². The molecule has 0 bridgehead atoms. The van der Waals surface area contributed by atoms with Crippen molar-refractivity contribution >= 4 is 6.09 Å². The van der Waals surface area contributed by atoms with Crippen LogP contribution in [-0.4, -0.2) is 43.5 Å². The summed E-state index contributed by atoms with van der Waals surface area (Å²) in [5, 5.41) is 6.15. The molecule has 0 spiro atoms. The molecule has 0 saturated carbocycles. The summed E-state index contributed by atoms with van der Waals surface area (Å²) in [5.41, 5.74) is -0.444. The smallest absolute Gasteiger partial charge is 0.407 e. The molecule has 1 unspecified atom stereocenters. The van der Waals surface area contributed by atoms with Gasteiger partial charge in [0.2, 0.25) is 0 Å². The standard InChI is InChI=1S/C12H24N2O3/c1-9(14-10-5-6-16-8-10)7-13-11(15)17-12(2,3)4/h9-10,14H,5-8H2,1-4H3,(H,13,15)/t9-,10?/m1/s1. The number of hydrogen-bond acceptors (Lipinski definition) is 4. The monoisotopic (exact) mass is 244 g/mol. The van der Waals surface area contributed by atoms with Crippen LogP contribution < -0.4 is 10.6 Å². The molecule has 0 aromatic heterocycles. The summed E-state index contributed by atoms with van der Waals surface area (Å²) in [6.07, 6.45) is 0.672. The zero-order chi connectivity index (χ0) is 12.9. The summed E-state index contributed by atoms with van der Waals surface area (Å²) in [7, 11) is 0.